The van der Waals surface area contributed by atoms with Crippen molar-refractivity contribution in [1.82, 2.24) is 10.3 Å². The Bertz CT molecular complexity index is 283. The molecule has 2 fully saturated rings. The molecular formula is C10H14N2S. The Balaban J connectivity index is 1.53. The number of aromatic nitrogens is 1. The Morgan fingerprint density at radius 2 is 2.54 bits per heavy atom. The molecule has 0 spiro atoms. The van der Waals surface area contributed by atoms with Crippen LogP contribution >= 0.6 is 11.3 Å². The quantitative estimate of drug-likeness (QED) is 0.796. The van der Waals surface area contributed by atoms with Crippen molar-refractivity contribution < 1.29 is 0 Å². The van der Waals surface area contributed by atoms with Crippen LogP contribution in [0.1, 0.15) is 25.0 Å². The van der Waals surface area contributed by atoms with Crippen molar-refractivity contribution in [3.63, 3.8) is 0 Å². The minimum atomic E-state index is 0.798. The summed E-state index contributed by atoms with van der Waals surface area (Å²) in [7, 11) is 0. The molecule has 0 radical (unpaired) electrons. The number of nitrogens with zero attached hydrogens (tertiary/aromatic N) is 1. The fourth-order valence-electron chi connectivity index (χ4n) is 2.52. The van der Waals surface area contributed by atoms with Gasteiger partial charge in [0.1, 0.15) is 0 Å². The van der Waals surface area contributed by atoms with Gasteiger partial charge in [0.05, 0.1) is 11.2 Å². The lowest BCUT2D eigenvalue weighted by molar-refractivity contribution is 0.472. The molecule has 0 aliphatic heterocycles. The van der Waals surface area contributed by atoms with Gasteiger partial charge in [-0.05, 0) is 31.1 Å². The predicted octanol–water partition coefficient (Wildman–Crippen LogP) is 2.03. The maximum Gasteiger partial charge on any atom is 0.0795 e. The van der Waals surface area contributed by atoms with Gasteiger partial charge in [-0.2, -0.15) is 0 Å². The van der Waals surface area contributed by atoms with E-state index in [1.807, 2.05) is 5.51 Å². The van der Waals surface area contributed by atoms with Crippen LogP contribution in [-0.2, 0) is 6.54 Å². The van der Waals surface area contributed by atoms with E-state index in [0.717, 1.165) is 24.4 Å². The fraction of sp³-hybridized carbons (Fsp3) is 0.700. The minimum Gasteiger partial charge on any atom is -0.308 e. The summed E-state index contributed by atoms with van der Waals surface area (Å²) in [5.41, 5.74) is 3.11. The molecule has 3 rings (SSSR count). The molecule has 1 aromatic rings. The lowest BCUT2D eigenvalue weighted by Crippen LogP contribution is -2.28. The predicted molar refractivity (Wildman–Crippen MR) is 53.6 cm³/mol. The van der Waals surface area contributed by atoms with E-state index in [4.69, 9.17) is 0 Å². The molecule has 2 saturated carbocycles. The summed E-state index contributed by atoms with van der Waals surface area (Å²) in [6.07, 6.45) is 4.33. The molecule has 2 nitrogen and oxygen atoms in total. The smallest absolute Gasteiger partial charge is 0.0795 e. The van der Waals surface area contributed by atoms with E-state index >= 15 is 0 Å². The van der Waals surface area contributed by atoms with E-state index in [9.17, 15) is 0 Å². The molecule has 1 N–H and O–H groups in total. The Hall–Kier alpha value is -0.410. The van der Waals surface area contributed by atoms with Crippen molar-refractivity contribution in [2.75, 3.05) is 0 Å². The molecule has 3 heteroatoms. The second-order valence-electron chi connectivity index (χ2n) is 4.20. The molecule has 0 bridgehead atoms. The van der Waals surface area contributed by atoms with Gasteiger partial charge in [-0.3, -0.25) is 0 Å². The van der Waals surface area contributed by atoms with Gasteiger partial charge in [0.2, 0.25) is 0 Å². The van der Waals surface area contributed by atoms with Crippen LogP contribution in [0.5, 0.6) is 0 Å². The van der Waals surface area contributed by atoms with E-state index in [1.165, 1.54) is 25.0 Å². The van der Waals surface area contributed by atoms with Crippen molar-refractivity contribution in [2.24, 2.45) is 11.8 Å². The zero-order valence-corrected chi connectivity index (χ0v) is 8.39. The van der Waals surface area contributed by atoms with Crippen molar-refractivity contribution in [3.8, 4) is 0 Å². The van der Waals surface area contributed by atoms with E-state index in [-0.39, 0.29) is 0 Å². The van der Waals surface area contributed by atoms with Crippen molar-refractivity contribution in [2.45, 2.75) is 31.8 Å². The van der Waals surface area contributed by atoms with Crippen LogP contribution in [0, 0.1) is 11.8 Å². The van der Waals surface area contributed by atoms with Gasteiger partial charge in [-0.25, -0.2) is 4.98 Å². The molecule has 1 unspecified atom stereocenters. The summed E-state index contributed by atoms with van der Waals surface area (Å²) in [5.74, 6) is 2.09. The van der Waals surface area contributed by atoms with Gasteiger partial charge in [0.15, 0.2) is 0 Å². The van der Waals surface area contributed by atoms with Crippen LogP contribution in [0.3, 0.4) is 0 Å². The summed E-state index contributed by atoms with van der Waals surface area (Å²) in [6.45, 7) is 0.970. The molecule has 2 aliphatic rings. The first kappa shape index (κ1) is 7.94. The van der Waals surface area contributed by atoms with E-state index < -0.39 is 0 Å². The minimum absolute atomic E-state index is 0.798. The highest BCUT2D eigenvalue weighted by Crippen LogP contribution is 2.51. The Kier molecular flexibility index (Phi) is 1.87. The average molecular weight is 194 g/mol. The molecular weight excluding hydrogens is 180 g/mol. The Morgan fingerprint density at radius 3 is 3.15 bits per heavy atom. The third-order valence-electron chi connectivity index (χ3n) is 3.37. The zero-order valence-electron chi connectivity index (χ0n) is 7.57. The first-order valence-corrected chi connectivity index (χ1v) is 5.98. The van der Waals surface area contributed by atoms with E-state index in [0.29, 0.717) is 0 Å². The van der Waals surface area contributed by atoms with Crippen molar-refractivity contribution in [3.05, 3.63) is 16.6 Å². The molecule has 70 valence electrons. The van der Waals surface area contributed by atoms with Gasteiger partial charge in [0.25, 0.3) is 0 Å². The summed E-state index contributed by atoms with van der Waals surface area (Å²) >= 11 is 1.68. The van der Waals surface area contributed by atoms with E-state index in [1.54, 1.807) is 11.3 Å². The highest BCUT2D eigenvalue weighted by Gasteiger charge is 2.47. The number of thiazole rings is 1. The number of hydrogen-bond donors (Lipinski definition) is 1. The summed E-state index contributed by atoms with van der Waals surface area (Å²) in [4.78, 5) is 4.27. The maximum absolute atomic E-state index is 4.27. The van der Waals surface area contributed by atoms with Crippen LogP contribution in [0.4, 0.5) is 0 Å². The highest BCUT2D eigenvalue weighted by molar-refractivity contribution is 7.07. The van der Waals surface area contributed by atoms with Crippen LogP contribution in [-0.4, -0.2) is 11.0 Å². The van der Waals surface area contributed by atoms with Gasteiger partial charge < -0.3 is 5.32 Å². The number of fused-ring (bicyclic) bond motifs is 1. The van der Waals surface area contributed by atoms with Gasteiger partial charge in [-0.15, -0.1) is 11.3 Å². The van der Waals surface area contributed by atoms with E-state index in [2.05, 4.69) is 15.7 Å². The molecule has 2 aliphatic carbocycles. The molecule has 0 amide bonds. The Labute approximate surface area is 82.4 Å². The Morgan fingerprint density at radius 1 is 1.54 bits per heavy atom. The second-order valence-corrected chi connectivity index (χ2v) is 4.92. The third kappa shape index (κ3) is 1.51. The molecule has 1 aromatic heterocycles. The monoisotopic (exact) mass is 194 g/mol. The fourth-order valence-corrected chi connectivity index (χ4v) is 3.08. The largest absolute Gasteiger partial charge is 0.308 e. The molecule has 0 aromatic carbocycles. The third-order valence-corrected chi connectivity index (χ3v) is 4.01. The summed E-state index contributed by atoms with van der Waals surface area (Å²) in [5, 5.41) is 5.75. The van der Waals surface area contributed by atoms with Crippen LogP contribution < -0.4 is 5.32 Å². The number of nitrogens with one attached hydrogen (secondary N) is 1. The summed E-state index contributed by atoms with van der Waals surface area (Å²) < 4.78 is 0. The van der Waals surface area contributed by atoms with Gasteiger partial charge >= 0.3 is 0 Å². The first-order chi connectivity index (χ1) is 6.43. The van der Waals surface area contributed by atoms with Crippen molar-refractivity contribution in [1.29, 1.82) is 0 Å². The summed E-state index contributed by atoms with van der Waals surface area (Å²) in [6, 6.07) is 0.798. The van der Waals surface area contributed by atoms with Gasteiger partial charge in [0, 0.05) is 18.0 Å². The van der Waals surface area contributed by atoms with Crippen LogP contribution in [0.2, 0.25) is 0 Å². The molecule has 13 heavy (non-hydrogen) atoms. The second kappa shape index (κ2) is 3.07. The average Bonchev–Trinajstić information content (AvgIpc) is 2.64. The van der Waals surface area contributed by atoms with Crippen LogP contribution in [0.25, 0.3) is 0 Å². The zero-order chi connectivity index (χ0) is 8.67. The number of hydrogen-bond acceptors (Lipinski definition) is 3. The molecule has 3 atom stereocenters. The molecule has 1 heterocycles. The van der Waals surface area contributed by atoms with Gasteiger partial charge in [-0.1, -0.05) is 0 Å². The topological polar surface area (TPSA) is 24.9 Å². The lowest BCUT2D eigenvalue weighted by atomic mass is 10.2. The normalized spacial score (nSPS) is 36.2. The molecule has 0 saturated heterocycles. The highest BCUT2D eigenvalue weighted by atomic mass is 32.1. The number of rotatable bonds is 3. The van der Waals surface area contributed by atoms with Crippen LogP contribution in [0.15, 0.2) is 10.9 Å². The maximum atomic E-state index is 4.27. The SMILES string of the molecule is c1nc(CNC2CC[C@@H]3C[C@H]23)cs1. The lowest BCUT2D eigenvalue weighted by Gasteiger charge is -2.12. The van der Waals surface area contributed by atoms with Crippen molar-refractivity contribution >= 4 is 11.3 Å². The standard InChI is InChI=1S/C10H14N2S/c1-2-10(9-3-7(1)9)11-4-8-5-13-6-12-8/h5-7,9-11H,1-4H2/t7-,9+,10?/m1/s1. The first-order valence-electron chi connectivity index (χ1n) is 5.04.